The fraction of sp³-hybridized carbons (Fsp3) is 0.864. The highest BCUT2D eigenvalue weighted by Gasteiger charge is 2.13. The van der Waals surface area contributed by atoms with E-state index in [4.69, 9.17) is 5.11 Å². The Morgan fingerprint density at radius 2 is 1.48 bits per heavy atom. The van der Waals surface area contributed by atoms with Crippen LogP contribution < -0.4 is 0 Å². The van der Waals surface area contributed by atoms with Gasteiger partial charge in [-0.15, -0.1) is 0 Å². The summed E-state index contributed by atoms with van der Waals surface area (Å²) in [6.07, 6.45) is 23.7. The number of aliphatic imine (C=N–C) groups is 1. The molecule has 0 aliphatic carbocycles. The van der Waals surface area contributed by atoms with Crippen molar-refractivity contribution in [2.45, 2.75) is 96.8 Å². The fourth-order valence-corrected chi connectivity index (χ4v) is 3.49. The lowest BCUT2D eigenvalue weighted by Crippen LogP contribution is -2.30. The number of aliphatic hydroxyl groups excluding tert-OH is 1. The number of rotatable bonds is 17. The third-order valence-corrected chi connectivity index (χ3v) is 5.09. The number of allylic oxidation sites excluding steroid dienone is 1. The average Bonchev–Trinajstić information content (AvgIpc) is 3.06. The molecule has 0 fully saturated rings. The summed E-state index contributed by atoms with van der Waals surface area (Å²) in [5.74, 6) is 1.15. The summed E-state index contributed by atoms with van der Waals surface area (Å²) in [6.45, 7) is 5.10. The topological polar surface area (TPSA) is 35.8 Å². The summed E-state index contributed by atoms with van der Waals surface area (Å²) in [5, 5.41) is 9.03. The number of hydrogen-bond donors (Lipinski definition) is 1. The summed E-state index contributed by atoms with van der Waals surface area (Å²) in [6, 6.07) is 0. The van der Waals surface area contributed by atoms with Gasteiger partial charge in [0, 0.05) is 19.5 Å². The molecule has 0 aromatic heterocycles. The Bertz CT molecular complexity index is 352. The van der Waals surface area contributed by atoms with Gasteiger partial charge in [0.2, 0.25) is 0 Å². The third-order valence-electron chi connectivity index (χ3n) is 5.09. The molecular weight excluding hydrogens is 308 g/mol. The van der Waals surface area contributed by atoms with Crippen LogP contribution in [0.5, 0.6) is 0 Å². The smallest absolute Gasteiger partial charge is 0.103 e. The first-order valence-electron chi connectivity index (χ1n) is 10.9. The molecule has 3 heteroatoms. The van der Waals surface area contributed by atoms with E-state index in [0.29, 0.717) is 0 Å². The maximum atomic E-state index is 9.03. The van der Waals surface area contributed by atoms with Gasteiger partial charge in [0.15, 0.2) is 0 Å². The molecule has 1 aliphatic rings. The summed E-state index contributed by atoms with van der Waals surface area (Å²) >= 11 is 0. The van der Waals surface area contributed by atoms with Crippen molar-refractivity contribution in [3.63, 3.8) is 0 Å². The van der Waals surface area contributed by atoms with Gasteiger partial charge in [-0.1, -0.05) is 89.7 Å². The Hall–Kier alpha value is -0.830. The normalized spacial score (nSPS) is 14.6. The van der Waals surface area contributed by atoms with Crippen LogP contribution in [0.2, 0.25) is 0 Å². The zero-order chi connectivity index (χ0) is 18.0. The van der Waals surface area contributed by atoms with Gasteiger partial charge in [0.05, 0.1) is 13.2 Å². The molecule has 3 nitrogen and oxygen atoms in total. The van der Waals surface area contributed by atoms with Crippen molar-refractivity contribution >= 4 is 5.84 Å². The Balaban J connectivity index is 1.82. The molecule has 1 heterocycles. The molecule has 1 aliphatic heterocycles. The highest BCUT2D eigenvalue weighted by molar-refractivity contribution is 5.85. The van der Waals surface area contributed by atoms with E-state index in [0.717, 1.165) is 31.9 Å². The van der Waals surface area contributed by atoms with Crippen LogP contribution in [0.15, 0.2) is 17.1 Å². The summed E-state index contributed by atoms with van der Waals surface area (Å²) in [4.78, 5) is 6.72. The Labute approximate surface area is 156 Å². The van der Waals surface area contributed by atoms with Crippen LogP contribution in [0.1, 0.15) is 96.8 Å². The molecule has 146 valence electrons. The highest BCUT2D eigenvalue weighted by atomic mass is 16.3. The second kappa shape index (κ2) is 16.6. The van der Waals surface area contributed by atoms with E-state index in [9.17, 15) is 0 Å². The first kappa shape index (κ1) is 22.2. The number of β-amino-alcohol motifs (C(OH)–C–C–N with tert-alkyl or cyclic N) is 1. The van der Waals surface area contributed by atoms with Crippen LogP contribution in [0.4, 0.5) is 0 Å². The molecule has 0 aromatic carbocycles. The zero-order valence-corrected chi connectivity index (χ0v) is 16.7. The van der Waals surface area contributed by atoms with E-state index in [2.05, 4.69) is 29.0 Å². The number of hydrogen-bond acceptors (Lipinski definition) is 3. The van der Waals surface area contributed by atoms with Gasteiger partial charge in [-0.25, -0.2) is 0 Å². The Morgan fingerprint density at radius 1 is 0.880 bits per heavy atom. The second-order valence-electron chi connectivity index (χ2n) is 7.36. The molecule has 0 aromatic rings. The maximum absolute atomic E-state index is 9.03. The van der Waals surface area contributed by atoms with Crippen molar-refractivity contribution in [2.75, 3.05) is 26.2 Å². The minimum Gasteiger partial charge on any atom is -0.395 e. The van der Waals surface area contributed by atoms with E-state index < -0.39 is 0 Å². The van der Waals surface area contributed by atoms with Crippen LogP contribution in [-0.2, 0) is 0 Å². The SMILES string of the molecule is CCCCCCCCCCCCCCC=CCC1=NCCN1CCO. The van der Waals surface area contributed by atoms with Crippen molar-refractivity contribution in [3.05, 3.63) is 12.2 Å². The van der Waals surface area contributed by atoms with E-state index in [1.54, 1.807) is 0 Å². The van der Waals surface area contributed by atoms with Gasteiger partial charge >= 0.3 is 0 Å². The van der Waals surface area contributed by atoms with Crippen molar-refractivity contribution in [3.8, 4) is 0 Å². The first-order chi connectivity index (χ1) is 12.4. The quantitative estimate of drug-likeness (QED) is 0.268. The highest BCUT2D eigenvalue weighted by Crippen LogP contribution is 2.13. The van der Waals surface area contributed by atoms with Crippen LogP contribution in [0, 0.1) is 0 Å². The standard InChI is InChI=1S/C22H42N2O/c1-2-3-4-5-6-7-8-9-10-11-12-13-14-15-16-17-22-23-18-19-24(22)20-21-25/h15-16,25H,2-14,17-21H2,1H3. The van der Waals surface area contributed by atoms with Crippen molar-refractivity contribution < 1.29 is 5.11 Å². The van der Waals surface area contributed by atoms with Gasteiger partial charge in [-0.3, -0.25) is 4.99 Å². The van der Waals surface area contributed by atoms with E-state index >= 15 is 0 Å². The maximum Gasteiger partial charge on any atom is 0.103 e. The van der Waals surface area contributed by atoms with Gasteiger partial charge < -0.3 is 10.0 Å². The minimum atomic E-state index is 0.224. The molecule has 1 rings (SSSR count). The minimum absolute atomic E-state index is 0.224. The molecule has 0 spiro atoms. The summed E-state index contributed by atoms with van der Waals surface area (Å²) in [7, 11) is 0. The lowest BCUT2D eigenvalue weighted by molar-refractivity contribution is 0.255. The number of unbranched alkanes of at least 4 members (excludes halogenated alkanes) is 12. The molecule has 0 amide bonds. The summed E-state index contributed by atoms with van der Waals surface area (Å²) < 4.78 is 0. The third kappa shape index (κ3) is 12.2. The van der Waals surface area contributed by atoms with Crippen LogP contribution in [0.25, 0.3) is 0 Å². The van der Waals surface area contributed by atoms with Crippen LogP contribution >= 0.6 is 0 Å². The van der Waals surface area contributed by atoms with Gasteiger partial charge in [-0.05, 0) is 12.8 Å². The molecule has 25 heavy (non-hydrogen) atoms. The van der Waals surface area contributed by atoms with Gasteiger partial charge in [0.25, 0.3) is 0 Å². The molecule has 0 saturated heterocycles. The number of aliphatic hydroxyl groups is 1. The molecule has 0 unspecified atom stereocenters. The van der Waals surface area contributed by atoms with Gasteiger partial charge in [-0.2, -0.15) is 0 Å². The van der Waals surface area contributed by atoms with E-state index in [1.165, 1.54) is 83.5 Å². The van der Waals surface area contributed by atoms with Crippen LogP contribution in [-0.4, -0.2) is 42.1 Å². The van der Waals surface area contributed by atoms with Crippen molar-refractivity contribution in [1.29, 1.82) is 0 Å². The first-order valence-corrected chi connectivity index (χ1v) is 10.9. The fourth-order valence-electron chi connectivity index (χ4n) is 3.49. The zero-order valence-electron chi connectivity index (χ0n) is 16.7. The van der Waals surface area contributed by atoms with E-state index in [-0.39, 0.29) is 6.61 Å². The molecule has 0 bridgehead atoms. The second-order valence-corrected chi connectivity index (χ2v) is 7.36. The lowest BCUT2D eigenvalue weighted by atomic mass is 10.0. The lowest BCUT2D eigenvalue weighted by Gasteiger charge is -2.17. The molecule has 0 saturated carbocycles. The number of nitrogens with zero attached hydrogens (tertiary/aromatic N) is 2. The number of amidine groups is 1. The van der Waals surface area contributed by atoms with Gasteiger partial charge in [0.1, 0.15) is 5.84 Å². The van der Waals surface area contributed by atoms with Crippen molar-refractivity contribution in [1.82, 2.24) is 4.90 Å². The predicted octanol–water partition coefficient (Wildman–Crippen LogP) is 5.73. The largest absolute Gasteiger partial charge is 0.395 e. The monoisotopic (exact) mass is 350 g/mol. The van der Waals surface area contributed by atoms with Crippen molar-refractivity contribution in [2.24, 2.45) is 4.99 Å². The Kier molecular flexibility index (Phi) is 14.8. The molecule has 1 N–H and O–H groups in total. The molecule has 0 radical (unpaired) electrons. The molecule has 0 atom stereocenters. The predicted molar refractivity (Wildman–Crippen MR) is 110 cm³/mol. The Morgan fingerprint density at radius 3 is 2.08 bits per heavy atom. The average molecular weight is 351 g/mol. The summed E-state index contributed by atoms with van der Waals surface area (Å²) in [5.41, 5.74) is 0. The molecular formula is C22H42N2O. The van der Waals surface area contributed by atoms with E-state index in [1.807, 2.05) is 0 Å². The van der Waals surface area contributed by atoms with Crippen LogP contribution in [0.3, 0.4) is 0 Å².